The highest BCUT2D eigenvalue weighted by atomic mass is 35.5. The molecule has 2 aliphatic carbocycles. The van der Waals surface area contributed by atoms with E-state index in [1.807, 2.05) is 0 Å². The molecule has 2 saturated carbocycles. The molecule has 2 aliphatic rings. The Balaban J connectivity index is 1.80. The first-order valence-electron chi connectivity index (χ1n) is 8.82. The number of halogens is 1. The second-order valence-electron chi connectivity index (χ2n) is 6.77. The molecule has 2 unspecified atom stereocenters. The lowest BCUT2D eigenvalue weighted by atomic mass is 9.80. The van der Waals surface area contributed by atoms with Crippen molar-refractivity contribution in [1.82, 2.24) is 0 Å². The van der Waals surface area contributed by atoms with Gasteiger partial charge in [-0.1, -0.05) is 0 Å². The molecule has 2 N–H and O–H groups in total. The first kappa shape index (κ1) is 20.9. The summed E-state index contributed by atoms with van der Waals surface area (Å²) >= 11 is 5.99. The first-order chi connectivity index (χ1) is 12.8. The van der Waals surface area contributed by atoms with E-state index in [-0.39, 0.29) is 30.7 Å². The second kappa shape index (κ2) is 10.1. The third kappa shape index (κ3) is 7.03. The Kier molecular flexibility index (Phi) is 7.82. The van der Waals surface area contributed by atoms with Gasteiger partial charge in [-0.05, 0) is 44.9 Å². The number of rotatable bonds is 4. The van der Waals surface area contributed by atoms with Crippen LogP contribution in [-0.4, -0.2) is 45.7 Å². The minimum atomic E-state index is -1.05. The molecule has 0 aliphatic heterocycles. The van der Waals surface area contributed by atoms with Gasteiger partial charge >= 0.3 is 17.9 Å². The molecule has 0 amide bonds. The van der Waals surface area contributed by atoms with Crippen molar-refractivity contribution in [3.05, 3.63) is 0 Å². The maximum absolute atomic E-state index is 11.6. The first-order valence-corrected chi connectivity index (χ1v) is 9.25. The number of aliphatic carboxylic acids is 2. The van der Waals surface area contributed by atoms with Crippen LogP contribution in [0.25, 0.3) is 0 Å². The fourth-order valence-electron chi connectivity index (χ4n) is 3.31. The molecule has 0 aromatic rings. The Labute approximate surface area is 162 Å². The van der Waals surface area contributed by atoms with Crippen LogP contribution in [0.3, 0.4) is 0 Å². The van der Waals surface area contributed by atoms with Gasteiger partial charge in [0.05, 0.1) is 11.8 Å². The topological polar surface area (TPSA) is 110 Å². The van der Waals surface area contributed by atoms with Crippen LogP contribution in [0.1, 0.15) is 44.9 Å². The van der Waals surface area contributed by atoms with E-state index in [1.54, 1.807) is 0 Å². The third-order valence-electron chi connectivity index (χ3n) is 4.74. The Morgan fingerprint density at radius 1 is 0.852 bits per heavy atom. The predicted octanol–water partition coefficient (Wildman–Crippen LogP) is 2.01. The maximum atomic E-state index is 11.6. The van der Waals surface area contributed by atoms with Crippen molar-refractivity contribution >= 4 is 29.5 Å². The molecule has 0 aromatic heterocycles. The van der Waals surface area contributed by atoms with Gasteiger partial charge in [-0.3, -0.25) is 9.59 Å². The van der Waals surface area contributed by atoms with Gasteiger partial charge in [0.2, 0.25) is 0 Å². The Morgan fingerprint density at radius 2 is 1.44 bits per heavy atom. The van der Waals surface area contributed by atoms with Crippen molar-refractivity contribution < 1.29 is 34.1 Å². The maximum Gasteiger partial charge on any atom is 0.385 e. The lowest BCUT2D eigenvalue weighted by Crippen LogP contribution is -2.35. The predicted molar refractivity (Wildman–Crippen MR) is 94.5 cm³/mol. The molecule has 2 fully saturated rings. The van der Waals surface area contributed by atoms with Gasteiger partial charge < -0.3 is 19.7 Å². The fourth-order valence-corrected chi connectivity index (χ4v) is 3.56. The molecule has 7 nitrogen and oxygen atoms in total. The zero-order chi connectivity index (χ0) is 19.8. The number of esters is 1. The van der Waals surface area contributed by atoms with E-state index in [0.717, 1.165) is 12.8 Å². The number of carboxylic acid groups (broad SMARTS) is 2. The van der Waals surface area contributed by atoms with Gasteiger partial charge in [0, 0.05) is 23.1 Å². The van der Waals surface area contributed by atoms with E-state index in [4.69, 9.17) is 31.3 Å². The average molecular weight is 397 g/mol. The number of carbonyl (C=O) groups excluding carboxylic acids is 1. The number of carboxylic acids is 2. The molecular weight excluding hydrogens is 376 g/mol. The smallest absolute Gasteiger partial charge is 0.385 e. The number of alkyl halides is 1. The molecule has 0 spiro atoms. The van der Waals surface area contributed by atoms with Crippen LogP contribution in [0, 0.1) is 35.7 Å². The van der Waals surface area contributed by atoms with Crippen LogP contribution >= 0.6 is 11.6 Å². The quantitative estimate of drug-likeness (QED) is 0.323. The molecular formula is C19H21ClO7. The van der Waals surface area contributed by atoms with E-state index in [9.17, 15) is 14.4 Å². The van der Waals surface area contributed by atoms with Crippen molar-refractivity contribution in [3.63, 3.8) is 0 Å². The summed E-state index contributed by atoms with van der Waals surface area (Å²) in [4.78, 5) is 33.9. The van der Waals surface area contributed by atoms with Crippen LogP contribution in [0.5, 0.6) is 0 Å². The van der Waals surface area contributed by atoms with Gasteiger partial charge in [-0.25, -0.2) is 4.79 Å². The van der Waals surface area contributed by atoms with Gasteiger partial charge in [0.15, 0.2) is 0 Å². The van der Waals surface area contributed by atoms with Crippen LogP contribution in [0.2, 0.25) is 0 Å². The summed E-state index contributed by atoms with van der Waals surface area (Å²) in [5.41, 5.74) is 0. The van der Waals surface area contributed by atoms with Gasteiger partial charge in [0.25, 0.3) is 0 Å². The highest BCUT2D eigenvalue weighted by Gasteiger charge is 2.37. The van der Waals surface area contributed by atoms with Crippen LogP contribution in [0.15, 0.2) is 0 Å². The van der Waals surface area contributed by atoms with Crippen molar-refractivity contribution in [1.29, 1.82) is 0 Å². The van der Waals surface area contributed by atoms with E-state index in [2.05, 4.69) is 23.9 Å². The minimum absolute atomic E-state index is 0.0786. The largest absolute Gasteiger partial charge is 0.481 e. The summed E-state index contributed by atoms with van der Waals surface area (Å²) in [6, 6.07) is 0. The number of hydrogen-bond acceptors (Lipinski definition) is 5. The van der Waals surface area contributed by atoms with E-state index in [0.29, 0.717) is 12.8 Å². The lowest BCUT2D eigenvalue weighted by Gasteiger charge is -2.29. The van der Waals surface area contributed by atoms with Crippen LogP contribution in [-0.2, 0) is 23.9 Å². The second-order valence-corrected chi connectivity index (χ2v) is 7.39. The minimum Gasteiger partial charge on any atom is -0.481 e. The molecule has 0 saturated heterocycles. The number of carbonyl (C=O) groups is 3. The number of hydrogen-bond donors (Lipinski definition) is 2. The van der Waals surface area contributed by atoms with Gasteiger partial charge in [-0.2, -0.15) is 0 Å². The molecule has 2 rings (SSSR count). The van der Waals surface area contributed by atoms with E-state index >= 15 is 0 Å². The fraction of sp³-hybridized carbons (Fsp3) is 0.632. The average Bonchev–Trinajstić information content (AvgIpc) is 2.63. The Morgan fingerprint density at radius 3 is 2.00 bits per heavy atom. The SMILES string of the molecule is O=C(C#CC#COC1CC(C(=O)O)CC(C(=O)O)C1)OC1CCC(Cl)CC1. The molecule has 0 bridgehead atoms. The molecule has 0 heterocycles. The Hall–Kier alpha value is -2.38. The summed E-state index contributed by atoms with van der Waals surface area (Å²) in [6.45, 7) is 0. The zero-order valence-corrected chi connectivity index (χ0v) is 15.4. The summed E-state index contributed by atoms with van der Waals surface area (Å²) in [6.07, 6.45) is 5.02. The lowest BCUT2D eigenvalue weighted by molar-refractivity contribution is -0.150. The molecule has 2 atom stereocenters. The van der Waals surface area contributed by atoms with Crippen molar-refractivity contribution in [2.75, 3.05) is 0 Å². The summed E-state index contributed by atoms with van der Waals surface area (Å²) in [7, 11) is 0. The zero-order valence-electron chi connectivity index (χ0n) is 14.7. The van der Waals surface area contributed by atoms with E-state index < -0.39 is 35.8 Å². The van der Waals surface area contributed by atoms with Gasteiger partial charge in [-0.15, -0.1) is 11.6 Å². The third-order valence-corrected chi connectivity index (χ3v) is 5.18. The van der Waals surface area contributed by atoms with Crippen molar-refractivity contribution in [3.8, 4) is 23.9 Å². The molecule has 0 radical (unpaired) electrons. The highest BCUT2D eigenvalue weighted by Crippen LogP contribution is 2.31. The standard InChI is InChI=1S/C19H21ClO7/c20-14-4-6-15(7-5-14)27-17(21)3-1-2-8-26-16-10-12(18(22)23)9-13(11-16)19(24)25/h12-16H,4-7,9-11H2,(H,22,23)(H,24,25). The molecule has 0 aromatic carbocycles. The monoisotopic (exact) mass is 396 g/mol. The number of ether oxygens (including phenoxy) is 2. The normalized spacial score (nSPS) is 29.9. The molecule has 146 valence electrons. The van der Waals surface area contributed by atoms with Crippen LogP contribution < -0.4 is 0 Å². The molecule has 8 heteroatoms. The summed E-state index contributed by atoms with van der Waals surface area (Å²) in [5.74, 6) is 2.59. The van der Waals surface area contributed by atoms with Crippen LogP contribution in [0.4, 0.5) is 0 Å². The van der Waals surface area contributed by atoms with Crippen molar-refractivity contribution in [2.24, 2.45) is 11.8 Å². The summed E-state index contributed by atoms with van der Waals surface area (Å²) in [5, 5.41) is 18.4. The van der Waals surface area contributed by atoms with E-state index in [1.165, 1.54) is 0 Å². The van der Waals surface area contributed by atoms with Crippen molar-refractivity contribution in [2.45, 2.75) is 62.5 Å². The Bertz CT molecular complexity index is 666. The van der Waals surface area contributed by atoms with Gasteiger partial charge in [0.1, 0.15) is 18.3 Å². The molecule has 27 heavy (non-hydrogen) atoms. The highest BCUT2D eigenvalue weighted by molar-refractivity contribution is 6.20. The summed E-state index contributed by atoms with van der Waals surface area (Å²) < 4.78 is 10.4.